The second kappa shape index (κ2) is 6.57. The maximum Gasteiger partial charge on any atom is 0.254 e. The number of benzene rings is 2. The van der Waals surface area contributed by atoms with Crippen LogP contribution in [0.25, 0.3) is 0 Å². The van der Waals surface area contributed by atoms with Gasteiger partial charge in [0.05, 0.1) is 11.7 Å². The van der Waals surface area contributed by atoms with Gasteiger partial charge in [0.15, 0.2) is 0 Å². The van der Waals surface area contributed by atoms with Crippen LogP contribution in [0.5, 0.6) is 0 Å². The van der Waals surface area contributed by atoms with Gasteiger partial charge in [0.1, 0.15) is 11.6 Å². The molecular weight excluding hydrogens is 314 g/mol. The molecule has 6 heteroatoms. The second-order valence-corrected chi connectivity index (χ2v) is 5.91. The van der Waals surface area contributed by atoms with E-state index in [9.17, 15) is 18.7 Å². The molecule has 0 bridgehead atoms. The minimum atomic E-state index is -0.928. The van der Waals surface area contributed by atoms with Gasteiger partial charge < -0.3 is 15.3 Å². The molecule has 1 amide bonds. The molecule has 1 unspecified atom stereocenters. The lowest BCUT2D eigenvalue weighted by molar-refractivity contribution is 0.0912. The van der Waals surface area contributed by atoms with Gasteiger partial charge in [0.25, 0.3) is 5.91 Å². The van der Waals surface area contributed by atoms with Crippen LogP contribution in [0.15, 0.2) is 36.4 Å². The minimum Gasteiger partial charge on any atom is -0.387 e. The van der Waals surface area contributed by atoms with Crippen LogP contribution in [-0.4, -0.2) is 31.2 Å². The molecule has 0 aromatic heterocycles. The SMILES string of the molecule is CN1CCc2cc(C(O)CNC(=O)c3ccc(F)cc3F)ccc21. The molecule has 2 aromatic rings. The van der Waals surface area contributed by atoms with Crippen LogP contribution in [0.4, 0.5) is 14.5 Å². The van der Waals surface area contributed by atoms with Crippen LogP contribution in [0.2, 0.25) is 0 Å². The third kappa shape index (κ3) is 3.23. The zero-order valence-electron chi connectivity index (χ0n) is 13.2. The highest BCUT2D eigenvalue weighted by Gasteiger charge is 2.19. The van der Waals surface area contributed by atoms with Crippen LogP contribution < -0.4 is 10.2 Å². The van der Waals surface area contributed by atoms with Gasteiger partial charge in [-0.2, -0.15) is 0 Å². The van der Waals surface area contributed by atoms with Gasteiger partial charge in [-0.15, -0.1) is 0 Å². The molecule has 0 spiro atoms. The Bertz CT molecular complexity index is 780. The Balaban J connectivity index is 1.65. The molecule has 1 atom stereocenters. The lowest BCUT2D eigenvalue weighted by Crippen LogP contribution is -2.29. The molecule has 0 saturated carbocycles. The highest BCUT2D eigenvalue weighted by Crippen LogP contribution is 2.29. The summed E-state index contributed by atoms with van der Waals surface area (Å²) in [4.78, 5) is 14.1. The van der Waals surface area contributed by atoms with E-state index in [1.807, 2.05) is 25.2 Å². The first kappa shape index (κ1) is 16.4. The first-order valence-corrected chi connectivity index (χ1v) is 7.71. The molecule has 24 heavy (non-hydrogen) atoms. The zero-order chi connectivity index (χ0) is 17.3. The van der Waals surface area contributed by atoms with E-state index in [-0.39, 0.29) is 12.1 Å². The standard InChI is InChI=1S/C18H18F2N2O2/c1-22-7-6-11-8-12(2-5-16(11)22)17(23)10-21-18(24)14-4-3-13(19)9-15(14)20/h2-5,8-9,17,23H,6-7,10H2,1H3,(H,21,24). The molecule has 4 nitrogen and oxygen atoms in total. The molecule has 1 aliphatic rings. The molecule has 126 valence electrons. The number of amides is 1. The van der Waals surface area contributed by atoms with Crippen molar-refractivity contribution in [3.8, 4) is 0 Å². The fraction of sp³-hybridized carbons (Fsp3) is 0.278. The summed E-state index contributed by atoms with van der Waals surface area (Å²) in [5, 5.41) is 12.7. The lowest BCUT2D eigenvalue weighted by Gasteiger charge is -2.15. The zero-order valence-corrected chi connectivity index (χ0v) is 13.2. The fourth-order valence-electron chi connectivity index (χ4n) is 2.87. The molecule has 0 saturated heterocycles. The van der Waals surface area contributed by atoms with E-state index in [2.05, 4.69) is 10.2 Å². The van der Waals surface area contributed by atoms with Gasteiger partial charge in [-0.25, -0.2) is 8.78 Å². The minimum absolute atomic E-state index is 0.0513. The smallest absolute Gasteiger partial charge is 0.254 e. The van der Waals surface area contributed by atoms with Crippen molar-refractivity contribution >= 4 is 11.6 Å². The summed E-state index contributed by atoms with van der Waals surface area (Å²) >= 11 is 0. The molecule has 0 radical (unpaired) electrons. The predicted molar refractivity (Wildman–Crippen MR) is 87.1 cm³/mol. The first-order chi connectivity index (χ1) is 11.5. The highest BCUT2D eigenvalue weighted by atomic mass is 19.1. The van der Waals surface area contributed by atoms with Crippen molar-refractivity contribution in [1.82, 2.24) is 5.32 Å². The van der Waals surface area contributed by atoms with Crippen LogP contribution in [-0.2, 0) is 6.42 Å². The number of anilines is 1. The number of nitrogens with zero attached hydrogens (tertiary/aromatic N) is 1. The van der Waals surface area contributed by atoms with E-state index >= 15 is 0 Å². The first-order valence-electron chi connectivity index (χ1n) is 7.71. The van der Waals surface area contributed by atoms with Gasteiger partial charge in [0, 0.05) is 31.9 Å². The summed E-state index contributed by atoms with van der Waals surface area (Å²) in [7, 11) is 2.01. The van der Waals surface area contributed by atoms with Gasteiger partial charge >= 0.3 is 0 Å². The number of hydrogen-bond acceptors (Lipinski definition) is 3. The fourth-order valence-corrected chi connectivity index (χ4v) is 2.87. The van der Waals surface area contributed by atoms with Crippen LogP contribution >= 0.6 is 0 Å². The summed E-state index contributed by atoms with van der Waals surface area (Å²) in [5.74, 6) is -2.36. The number of likely N-dealkylation sites (N-methyl/N-ethyl adjacent to an activating group) is 1. The molecular formula is C18H18F2N2O2. The molecule has 2 aromatic carbocycles. The molecule has 0 fully saturated rings. The second-order valence-electron chi connectivity index (χ2n) is 5.91. The largest absolute Gasteiger partial charge is 0.387 e. The maximum atomic E-state index is 13.6. The van der Waals surface area contributed by atoms with E-state index in [0.717, 1.165) is 36.3 Å². The van der Waals surface area contributed by atoms with Crippen molar-refractivity contribution in [2.24, 2.45) is 0 Å². The Labute approximate surface area is 138 Å². The van der Waals surface area contributed by atoms with E-state index in [1.165, 1.54) is 0 Å². The van der Waals surface area contributed by atoms with Crippen molar-refractivity contribution in [3.05, 3.63) is 64.7 Å². The quantitative estimate of drug-likeness (QED) is 0.904. The average molecular weight is 332 g/mol. The van der Waals surface area contributed by atoms with Crippen molar-refractivity contribution in [2.75, 3.05) is 25.0 Å². The van der Waals surface area contributed by atoms with E-state index in [1.54, 1.807) is 0 Å². The summed E-state index contributed by atoms with van der Waals surface area (Å²) in [6.07, 6.45) is 0.0215. The van der Waals surface area contributed by atoms with Gasteiger partial charge in [-0.1, -0.05) is 12.1 Å². The number of rotatable bonds is 4. The third-order valence-corrected chi connectivity index (χ3v) is 4.25. The van der Waals surface area contributed by atoms with E-state index in [4.69, 9.17) is 0 Å². The van der Waals surface area contributed by atoms with Crippen LogP contribution in [0.3, 0.4) is 0 Å². The Morgan fingerprint density at radius 2 is 2.08 bits per heavy atom. The predicted octanol–water partition coefficient (Wildman–Crippen LogP) is 2.42. The lowest BCUT2D eigenvalue weighted by atomic mass is 10.0. The molecule has 2 N–H and O–H groups in total. The normalized spacial score (nSPS) is 14.4. The molecule has 0 aliphatic carbocycles. The van der Waals surface area contributed by atoms with Gasteiger partial charge in [-0.3, -0.25) is 4.79 Å². The molecule has 3 rings (SSSR count). The Hall–Kier alpha value is -2.47. The van der Waals surface area contributed by atoms with Crippen molar-refractivity contribution in [2.45, 2.75) is 12.5 Å². The number of hydrogen-bond donors (Lipinski definition) is 2. The van der Waals surface area contributed by atoms with Crippen molar-refractivity contribution in [1.29, 1.82) is 0 Å². The van der Waals surface area contributed by atoms with Gasteiger partial charge in [0.2, 0.25) is 0 Å². The van der Waals surface area contributed by atoms with Crippen molar-refractivity contribution in [3.63, 3.8) is 0 Å². The number of aliphatic hydroxyl groups excluding tert-OH is 1. The van der Waals surface area contributed by atoms with Crippen LogP contribution in [0.1, 0.15) is 27.6 Å². The highest BCUT2D eigenvalue weighted by molar-refractivity contribution is 5.94. The Morgan fingerprint density at radius 1 is 1.29 bits per heavy atom. The van der Waals surface area contributed by atoms with Crippen molar-refractivity contribution < 1.29 is 18.7 Å². The third-order valence-electron chi connectivity index (χ3n) is 4.25. The Morgan fingerprint density at radius 3 is 2.83 bits per heavy atom. The maximum absolute atomic E-state index is 13.6. The topological polar surface area (TPSA) is 52.6 Å². The number of nitrogens with one attached hydrogen (secondary N) is 1. The monoisotopic (exact) mass is 332 g/mol. The summed E-state index contributed by atoms with van der Waals surface area (Å²) in [5.41, 5.74) is 2.75. The summed E-state index contributed by atoms with van der Waals surface area (Å²) in [6, 6.07) is 8.44. The van der Waals surface area contributed by atoms with E-state index < -0.39 is 23.6 Å². The summed E-state index contributed by atoms with van der Waals surface area (Å²) in [6.45, 7) is 0.889. The molecule has 1 aliphatic heterocycles. The van der Waals surface area contributed by atoms with E-state index in [0.29, 0.717) is 11.6 Å². The number of carbonyl (C=O) groups is 1. The number of halogens is 2. The summed E-state index contributed by atoms with van der Waals surface area (Å²) < 4.78 is 26.4. The molecule has 1 heterocycles. The van der Waals surface area contributed by atoms with Gasteiger partial charge in [-0.05, 0) is 35.7 Å². The number of aliphatic hydroxyl groups is 1. The Kier molecular flexibility index (Phi) is 4.49. The number of fused-ring (bicyclic) bond motifs is 1. The average Bonchev–Trinajstić information content (AvgIpc) is 2.93. The number of carbonyl (C=O) groups excluding carboxylic acids is 1. The van der Waals surface area contributed by atoms with Crippen LogP contribution in [0, 0.1) is 11.6 Å².